The van der Waals surface area contributed by atoms with E-state index in [4.69, 9.17) is 9.98 Å². The number of benzene rings is 6. The van der Waals surface area contributed by atoms with Gasteiger partial charge >= 0.3 is 0 Å². The van der Waals surface area contributed by atoms with E-state index in [9.17, 15) is 0 Å². The average molecular weight is 798 g/mol. The maximum atomic E-state index is 5.20. The topological polar surface area (TPSA) is 37.1 Å². The molecule has 9 rings (SSSR count). The van der Waals surface area contributed by atoms with Crippen molar-refractivity contribution in [2.75, 3.05) is 0 Å². The number of amidine groups is 2. The van der Waals surface area contributed by atoms with E-state index >= 15 is 0 Å². The van der Waals surface area contributed by atoms with Crippen molar-refractivity contribution in [3.63, 3.8) is 0 Å². The van der Waals surface area contributed by atoms with Gasteiger partial charge in [-0.15, -0.1) is 22.7 Å². The molecular weight excluding hydrogens is 755 g/mol. The van der Waals surface area contributed by atoms with Crippen molar-refractivity contribution in [1.82, 2.24) is 0 Å². The Kier molecular flexibility index (Phi) is 11.0. The summed E-state index contributed by atoms with van der Waals surface area (Å²) >= 11 is 3.68. The van der Waals surface area contributed by atoms with Gasteiger partial charge in [-0.3, -0.25) is 4.99 Å². The van der Waals surface area contributed by atoms with Crippen molar-refractivity contribution in [3.8, 4) is 33.4 Å². The summed E-state index contributed by atoms with van der Waals surface area (Å²) in [4.78, 5) is 17.5. The van der Waals surface area contributed by atoms with Crippen LogP contribution >= 0.6 is 22.7 Å². The van der Waals surface area contributed by atoms with Crippen molar-refractivity contribution >= 4 is 73.4 Å². The Labute approximate surface area is 354 Å². The summed E-state index contributed by atoms with van der Waals surface area (Å²) < 4.78 is 2.50. The molecule has 0 aliphatic heterocycles. The zero-order chi connectivity index (χ0) is 40.1. The highest BCUT2D eigenvalue weighted by Gasteiger charge is 2.20. The predicted octanol–water partition coefficient (Wildman–Crippen LogP) is 15.0. The molecular formula is C54H43N3S2. The summed E-state index contributed by atoms with van der Waals surface area (Å²) in [5, 5.41) is 2.51. The maximum Gasteiger partial charge on any atom is 0.162 e. The summed E-state index contributed by atoms with van der Waals surface area (Å²) in [6, 6.07) is 51.8. The molecule has 1 aliphatic rings. The largest absolute Gasteiger partial charge is 0.261 e. The molecule has 0 saturated heterocycles. The molecule has 0 N–H and O–H groups in total. The smallest absolute Gasteiger partial charge is 0.162 e. The molecule has 1 atom stereocenters. The van der Waals surface area contributed by atoms with Gasteiger partial charge in [0.15, 0.2) is 11.7 Å². The molecule has 0 amide bonds. The van der Waals surface area contributed by atoms with Gasteiger partial charge in [0.2, 0.25) is 0 Å². The first-order chi connectivity index (χ1) is 29.0. The van der Waals surface area contributed by atoms with Crippen LogP contribution < -0.4 is 0 Å². The number of aliphatic imine (C=N–C) groups is 3. The van der Waals surface area contributed by atoms with Crippen LogP contribution in [0.25, 0.3) is 65.7 Å². The lowest BCUT2D eigenvalue weighted by atomic mass is 9.95. The summed E-state index contributed by atoms with van der Waals surface area (Å²) in [6.45, 7) is 8.81. The van der Waals surface area contributed by atoms with Crippen LogP contribution in [0.4, 0.5) is 0 Å². The fourth-order valence-electron chi connectivity index (χ4n) is 7.75. The first-order valence-electron chi connectivity index (χ1n) is 20.0. The molecule has 8 aromatic rings. The fraction of sp³-hybridized carbons (Fsp3) is 0.0926. The van der Waals surface area contributed by atoms with Crippen molar-refractivity contribution in [3.05, 3.63) is 202 Å². The first kappa shape index (κ1) is 38.0. The van der Waals surface area contributed by atoms with E-state index in [1.807, 2.05) is 53.9 Å². The van der Waals surface area contributed by atoms with Gasteiger partial charge in [0.1, 0.15) is 0 Å². The first-order valence-corrected chi connectivity index (χ1v) is 21.7. The third kappa shape index (κ3) is 8.13. The molecule has 2 aromatic heterocycles. The summed E-state index contributed by atoms with van der Waals surface area (Å²) in [5.74, 6) is 1.73. The summed E-state index contributed by atoms with van der Waals surface area (Å²) in [6.07, 6.45) is 14.0. The third-order valence-electron chi connectivity index (χ3n) is 10.8. The number of thiophene rings is 2. The summed E-state index contributed by atoms with van der Waals surface area (Å²) in [5.41, 5.74) is 11.4. The number of rotatable bonds is 9. The summed E-state index contributed by atoms with van der Waals surface area (Å²) in [7, 11) is 0. The number of hydrogen-bond donors (Lipinski definition) is 0. The molecule has 5 heteroatoms. The Morgan fingerprint density at radius 3 is 2.24 bits per heavy atom. The lowest BCUT2D eigenvalue weighted by Gasteiger charge is -2.11. The van der Waals surface area contributed by atoms with Crippen LogP contribution in [0.5, 0.6) is 0 Å². The normalized spacial score (nSPS) is 14.5. The van der Waals surface area contributed by atoms with Crippen molar-refractivity contribution in [2.45, 2.75) is 26.8 Å². The minimum Gasteiger partial charge on any atom is -0.261 e. The Bertz CT molecular complexity index is 2970. The minimum atomic E-state index is 0.498. The molecule has 2 heterocycles. The average Bonchev–Trinajstić information content (AvgIpc) is 3.88. The Balaban J connectivity index is 1.04. The van der Waals surface area contributed by atoms with Gasteiger partial charge in [0.25, 0.3) is 0 Å². The van der Waals surface area contributed by atoms with Gasteiger partial charge in [0, 0.05) is 35.7 Å². The van der Waals surface area contributed by atoms with Crippen molar-refractivity contribution in [2.24, 2.45) is 20.9 Å². The second-order valence-electron chi connectivity index (χ2n) is 14.9. The highest BCUT2D eigenvalue weighted by Crippen LogP contribution is 2.40. The van der Waals surface area contributed by atoms with Gasteiger partial charge in [-0.25, -0.2) is 9.98 Å². The molecule has 0 bridgehead atoms. The molecule has 59 heavy (non-hydrogen) atoms. The Morgan fingerprint density at radius 2 is 1.44 bits per heavy atom. The van der Waals surface area contributed by atoms with Crippen LogP contribution in [0.1, 0.15) is 45.9 Å². The molecule has 0 fully saturated rings. The number of nitrogens with zero attached hydrogens (tertiary/aromatic N) is 3. The lowest BCUT2D eigenvalue weighted by molar-refractivity contribution is 0.728. The van der Waals surface area contributed by atoms with Gasteiger partial charge in [-0.05, 0) is 106 Å². The lowest BCUT2D eigenvalue weighted by Crippen LogP contribution is -2.06. The Hall–Kier alpha value is -6.53. The van der Waals surface area contributed by atoms with Crippen molar-refractivity contribution in [1.29, 1.82) is 0 Å². The molecule has 0 radical (unpaired) electrons. The van der Waals surface area contributed by atoms with E-state index in [2.05, 4.69) is 176 Å². The van der Waals surface area contributed by atoms with E-state index in [0.29, 0.717) is 24.1 Å². The van der Waals surface area contributed by atoms with Crippen LogP contribution in [0.15, 0.2) is 185 Å². The zero-order valence-electron chi connectivity index (χ0n) is 33.2. The highest BCUT2D eigenvalue weighted by atomic mass is 32.1. The van der Waals surface area contributed by atoms with E-state index < -0.39 is 0 Å². The molecule has 3 nitrogen and oxygen atoms in total. The molecule has 286 valence electrons. The highest BCUT2D eigenvalue weighted by molar-refractivity contribution is 7.20. The monoisotopic (exact) mass is 797 g/mol. The standard InChI is InChI=1S/C54H43N3S2/c1-4-5-7-21-45-34-43-19-12-22-46(51(43)58-45)42-18-10-16-40(32-42)38-26-28-39(29-27-38)41-17-11-20-44(33-41)53(56-35-37-14-8-6-9-15-37)57-54(55-3)49-24-13-23-48-47-30-25-36(2)31-50(47)59-52(48)49/h4-30,32-34,36H,3,31,35H2,1-2H3/b5-4-,21-7-,56-53?,57-54?. The van der Waals surface area contributed by atoms with Crippen LogP contribution in [0, 0.1) is 5.92 Å². The van der Waals surface area contributed by atoms with Gasteiger partial charge in [-0.2, -0.15) is 0 Å². The maximum absolute atomic E-state index is 5.20. The van der Waals surface area contributed by atoms with Crippen LogP contribution in [-0.2, 0) is 13.0 Å². The van der Waals surface area contributed by atoms with E-state index in [1.165, 1.54) is 57.7 Å². The minimum absolute atomic E-state index is 0.498. The van der Waals surface area contributed by atoms with Gasteiger partial charge in [-0.1, -0.05) is 159 Å². The molecule has 1 aliphatic carbocycles. The second-order valence-corrected chi connectivity index (χ2v) is 17.1. The molecule has 0 spiro atoms. The van der Waals surface area contributed by atoms with Gasteiger partial charge < -0.3 is 0 Å². The third-order valence-corrected chi connectivity index (χ3v) is 13.2. The quantitative estimate of drug-likeness (QED) is 0.0792. The zero-order valence-corrected chi connectivity index (χ0v) is 34.8. The SMILES string of the molecule is C=NC(=NC(=NCc1ccccc1)c1cccc(-c2ccc(-c3cccc(-c4cccc5cc(/C=C\C=C/C)sc45)c3)cc2)c1)c1cccc2c3c(sc12)CC(C)C=C3. The number of hydrogen-bond acceptors (Lipinski definition) is 3. The van der Waals surface area contributed by atoms with E-state index in [0.717, 1.165) is 34.2 Å². The van der Waals surface area contributed by atoms with Crippen LogP contribution in [0.3, 0.4) is 0 Å². The van der Waals surface area contributed by atoms with Crippen molar-refractivity contribution < 1.29 is 0 Å². The molecule has 6 aromatic carbocycles. The molecule has 1 unspecified atom stereocenters. The van der Waals surface area contributed by atoms with Crippen LogP contribution in [-0.4, -0.2) is 18.4 Å². The number of fused-ring (bicyclic) bond motifs is 4. The predicted molar refractivity (Wildman–Crippen MR) is 258 cm³/mol. The van der Waals surface area contributed by atoms with Gasteiger partial charge in [0.05, 0.1) is 6.54 Å². The second kappa shape index (κ2) is 17.1. The molecule has 0 saturated carbocycles. The van der Waals surface area contributed by atoms with E-state index in [1.54, 1.807) is 0 Å². The Morgan fingerprint density at radius 1 is 0.695 bits per heavy atom. The van der Waals surface area contributed by atoms with Crippen LogP contribution in [0.2, 0.25) is 0 Å². The number of allylic oxidation sites excluding steroid dienone is 4. The fourth-order valence-corrected chi connectivity index (χ4v) is 10.3. The van der Waals surface area contributed by atoms with E-state index in [-0.39, 0.29) is 0 Å².